The highest BCUT2D eigenvalue weighted by molar-refractivity contribution is 7.14. The number of hydrogen-bond donors (Lipinski definition) is 2. The molecule has 0 aliphatic carbocycles. The van der Waals surface area contributed by atoms with E-state index >= 15 is 0 Å². The summed E-state index contributed by atoms with van der Waals surface area (Å²) in [4.78, 5) is 23.7. The average molecular weight is 299 g/mol. The maximum atomic E-state index is 11.5. The van der Waals surface area contributed by atoms with Gasteiger partial charge >= 0.3 is 5.97 Å². The van der Waals surface area contributed by atoms with E-state index in [9.17, 15) is 14.7 Å². The van der Waals surface area contributed by atoms with Crippen LogP contribution in [-0.2, 0) is 10.2 Å². The first-order chi connectivity index (χ1) is 9.25. The van der Waals surface area contributed by atoms with Gasteiger partial charge in [0.05, 0.1) is 0 Å². The van der Waals surface area contributed by atoms with Crippen LogP contribution >= 0.6 is 11.3 Å². The molecule has 0 spiro atoms. The van der Waals surface area contributed by atoms with E-state index in [-0.39, 0.29) is 28.6 Å². The predicted octanol–water partition coefficient (Wildman–Crippen LogP) is 2.65. The van der Waals surface area contributed by atoms with Crippen LogP contribution in [0.3, 0.4) is 0 Å². The van der Waals surface area contributed by atoms with Crippen LogP contribution in [0.4, 0.5) is 0 Å². The quantitative estimate of drug-likeness (QED) is 0.846. The lowest BCUT2D eigenvalue weighted by Gasteiger charge is -2.14. The van der Waals surface area contributed by atoms with E-state index in [1.54, 1.807) is 6.07 Å². The van der Waals surface area contributed by atoms with Gasteiger partial charge in [0.15, 0.2) is 11.5 Å². The summed E-state index contributed by atoms with van der Waals surface area (Å²) < 4.78 is 5.35. The second kappa shape index (κ2) is 6.74. The van der Waals surface area contributed by atoms with E-state index < -0.39 is 5.97 Å². The minimum absolute atomic E-state index is 0.137. The molecule has 2 N–H and O–H groups in total. The van der Waals surface area contributed by atoms with Gasteiger partial charge in [-0.15, -0.1) is 11.3 Å². The average Bonchev–Trinajstić information content (AvgIpc) is 2.77. The third-order valence-electron chi connectivity index (χ3n) is 2.56. The van der Waals surface area contributed by atoms with Gasteiger partial charge in [-0.1, -0.05) is 27.7 Å². The number of nitrogens with one attached hydrogen (secondary N) is 1. The van der Waals surface area contributed by atoms with Crippen LogP contribution < -0.4 is 10.1 Å². The standard InChI is InChI=1S/C14H21NO4S/c1-5-6-15-11(16)8-19-9-7-10(14(2,3)4)20-12(9)13(17)18/h7H,5-6,8H2,1-4H3,(H,15,16)(H,17,18). The first-order valence-corrected chi connectivity index (χ1v) is 7.34. The van der Waals surface area contributed by atoms with Crippen LogP contribution in [0.2, 0.25) is 0 Å². The molecule has 0 saturated carbocycles. The van der Waals surface area contributed by atoms with Crippen LogP contribution in [0.1, 0.15) is 48.7 Å². The Bertz CT molecular complexity index is 488. The number of carboxylic acid groups (broad SMARTS) is 1. The normalized spacial score (nSPS) is 11.2. The zero-order valence-electron chi connectivity index (χ0n) is 12.3. The van der Waals surface area contributed by atoms with Crippen LogP contribution in [0.25, 0.3) is 0 Å². The molecule has 0 aliphatic rings. The van der Waals surface area contributed by atoms with Crippen molar-refractivity contribution < 1.29 is 19.4 Å². The number of carbonyl (C=O) groups excluding carboxylic acids is 1. The third kappa shape index (κ3) is 4.52. The summed E-state index contributed by atoms with van der Waals surface area (Å²) in [6.45, 7) is 8.39. The second-order valence-corrected chi connectivity index (χ2v) is 6.55. The first-order valence-electron chi connectivity index (χ1n) is 6.52. The fraction of sp³-hybridized carbons (Fsp3) is 0.571. The van der Waals surface area contributed by atoms with Crippen molar-refractivity contribution in [3.05, 3.63) is 15.8 Å². The topological polar surface area (TPSA) is 75.6 Å². The van der Waals surface area contributed by atoms with Crippen LogP contribution in [-0.4, -0.2) is 30.1 Å². The minimum Gasteiger partial charge on any atom is -0.482 e. The van der Waals surface area contributed by atoms with E-state index in [1.165, 1.54) is 11.3 Å². The molecule has 1 rings (SSSR count). The van der Waals surface area contributed by atoms with E-state index in [1.807, 2.05) is 27.7 Å². The molecule has 1 aromatic rings. The lowest BCUT2D eigenvalue weighted by atomic mass is 9.95. The summed E-state index contributed by atoms with van der Waals surface area (Å²) >= 11 is 1.19. The van der Waals surface area contributed by atoms with Crippen molar-refractivity contribution in [3.8, 4) is 5.75 Å². The number of hydrogen-bond acceptors (Lipinski definition) is 4. The minimum atomic E-state index is -1.03. The van der Waals surface area contributed by atoms with Crippen molar-refractivity contribution in [1.82, 2.24) is 5.32 Å². The SMILES string of the molecule is CCCNC(=O)COc1cc(C(C)(C)C)sc1C(=O)O. The summed E-state index contributed by atoms with van der Waals surface area (Å²) in [6.07, 6.45) is 0.846. The molecule has 0 aromatic carbocycles. The number of amides is 1. The zero-order chi connectivity index (χ0) is 15.3. The second-order valence-electron chi connectivity index (χ2n) is 5.50. The Morgan fingerprint density at radius 2 is 2.05 bits per heavy atom. The van der Waals surface area contributed by atoms with Crippen molar-refractivity contribution in [1.29, 1.82) is 0 Å². The molecule has 0 unspecified atom stereocenters. The Balaban J connectivity index is 2.81. The molecule has 0 saturated heterocycles. The molecule has 6 heteroatoms. The summed E-state index contributed by atoms with van der Waals surface area (Å²) in [5.41, 5.74) is -0.152. The van der Waals surface area contributed by atoms with Crippen molar-refractivity contribution in [3.63, 3.8) is 0 Å². The van der Waals surface area contributed by atoms with E-state index in [0.717, 1.165) is 11.3 Å². The number of carbonyl (C=O) groups is 2. The predicted molar refractivity (Wildman–Crippen MR) is 78.8 cm³/mol. The summed E-state index contributed by atoms with van der Waals surface area (Å²) in [5, 5.41) is 11.9. The van der Waals surface area contributed by atoms with Gasteiger partial charge in [-0.05, 0) is 17.9 Å². The van der Waals surface area contributed by atoms with Gasteiger partial charge in [0, 0.05) is 11.4 Å². The van der Waals surface area contributed by atoms with Crippen molar-refractivity contribution in [2.45, 2.75) is 39.5 Å². The Morgan fingerprint density at radius 3 is 2.55 bits per heavy atom. The number of thiophene rings is 1. The molecule has 0 aliphatic heterocycles. The highest BCUT2D eigenvalue weighted by atomic mass is 32.1. The lowest BCUT2D eigenvalue weighted by Crippen LogP contribution is -2.29. The third-order valence-corrected chi connectivity index (χ3v) is 4.09. The number of aromatic carboxylic acids is 1. The largest absolute Gasteiger partial charge is 0.482 e. The van der Waals surface area contributed by atoms with Gasteiger partial charge < -0.3 is 15.2 Å². The lowest BCUT2D eigenvalue weighted by molar-refractivity contribution is -0.123. The Morgan fingerprint density at radius 1 is 1.40 bits per heavy atom. The highest BCUT2D eigenvalue weighted by Crippen LogP contribution is 2.36. The molecule has 1 amide bonds. The zero-order valence-corrected chi connectivity index (χ0v) is 13.1. The van der Waals surface area contributed by atoms with E-state index in [0.29, 0.717) is 6.54 Å². The number of carboxylic acids is 1. The Hall–Kier alpha value is -1.56. The number of rotatable bonds is 6. The van der Waals surface area contributed by atoms with Crippen molar-refractivity contribution in [2.75, 3.05) is 13.2 Å². The molecule has 0 radical (unpaired) electrons. The monoisotopic (exact) mass is 299 g/mol. The van der Waals surface area contributed by atoms with Gasteiger partial charge in [0.25, 0.3) is 5.91 Å². The van der Waals surface area contributed by atoms with E-state index in [4.69, 9.17) is 4.74 Å². The molecular formula is C14H21NO4S. The van der Waals surface area contributed by atoms with Crippen molar-refractivity contribution in [2.24, 2.45) is 0 Å². The maximum Gasteiger partial charge on any atom is 0.349 e. The van der Waals surface area contributed by atoms with Gasteiger partial charge in [0.2, 0.25) is 0 Å². The molecule has 1 heterocycles. The highest BCUT2D eigenvalue weighted by Gasteiger charge is 2.24. The van der Waals surface area contributed by atoms with Gasteiger partial charge in [-0.2, -0.15) is 0 Å². The smallest absolute Gasteiger partial charge is 0.349 e. The Labute approximate surface area is 123 Å². The fourth-order valence-electron chi connectivity index (χ4n) is 1.46. The summed E-state index contributed by atoms with van der Waals surface area (Å²) in [5.74, 6) is -1.01. The molecular weight excluding hydrogens is 278 g/mol. The van der Waals surface area contributed by atoms with Gasteiger partial charge in [-0.3, -0.25) is 4.79 Å². The Kier molecular flexibility index (Phi) is 5.56. The van der Waals surface area contributed by atoms with Crippen LogP contribution in [0, 0.1) is 0 Å². The molecule has 0 fully saturated rings. The van der Waals surface area contributed by atoms with Gasteiger partial charge in [0.1, 0.15) is 5.75 Å². The van der Waals surface area contributed by atoms with E-state index in [2.05, 4.69) is 5.32 Å². The number of ether oxygens (including phenoxy) is 1. The van der Waals surface area contributed by atoms with Crippen LogP contribution in [0.15, 0.2) is 6.07 Å². The molecule has 0 atom stereocenters. The molecule has 5 nitrogen and oxygen atoms in total. The molecule has 112 valence electrons. The molecule has 1 aromatic heterocycles. The van der Waals surface area contributed by atoms with Gasteiger partial charge in [-0.25, -0.2) is 4.79 Å². The van der Waals surface area contributed by atoms with Crippen LogP contribution in [0.5, 0.6) is 5.75 Å². The maximum absolute atomic E-state index is 11.5. The summed E-state index contributed by atoms with van der Waals surface area (Å²) in [6, 6.07) is 1.71. The molecule has 0 bridgehead atoms. The first kappa shape index (κ1) is 16.5. The summed E-state index contributed by atoms with van der Waals surface area (Å²) in [7, 11) is 0. The van der Waals surface area contributed by atoms with Crippen molar-refractivity contribution >= 4 is 23.2 Å². The fourth-order valence-corrected chi connectivity index (χ4v) is 2.46. The molecule has 20 heavy (non-hydrogen) atoms.